The molecule has 0 atom stereocenters. The summed E-state index contributed by atoms with van der Waals surface area (Å²) in [6.07, 6.45) is 0. The molecule has 1 aromatic carbocycles. The third-order valence-corrected chi connectivity index (χ3v) is 2.60. The first-order chi connectivity index (χ1) is 6.79. The van der Waals surface area contributed by atoms with Crippen molar-refractivity contribution in [2.24, 2.45) is 0 Å². The Balaban J connectivity index is 3.57. The molecular formula is C10H12BrFO3. The van der Waals surface area contributed by atoms with Gasteiger partial charge in [0.15, 0.2) is 17.3 Å². The second-order valence-electron chi connectivity index (χ2n) is 3.66. The second kappa shape index (κ2) is 3.98. The maximum absolute atomic E-state index is 13.2. The number of hydrogen-bond donors (Lipinski definition) is 2. The molecule has 1 aromatic rings. The van der Waals surface area contributed by atoms with Crippen molar-refractivity contribution < 1.29 is 19.3 Å². The van der Waals surface area contributed by atoms with Crippen LogP contribution in [0.25, 0.3) is 0 Å². The molecule has 84 valence electrons. The predicted molar refractivity (Wildman–Crippen MR) is 57.6 cm³/mol. The Hall–Kier alpha value is -0.810. The van der Waals surface area contributed by atoms with Crippen molar-refractivity contribution in [3.63, 3.8) is 0 Å². The summed E-state index contributed by atoms with van der Waals surface area (Å²) in [5.41, 5.74) is -0.932. The number of ether oxygens (including phenoxy) is 1. The highest BCUT2D eigenvalue weighted by molar-refractivity contribution is 9.10. The molecule has 0 spiro atoms. The van der Waals surface area contributed by atoms with E-state index in [2.05, 4.69) is 15.9 Å². The number of benzene rings is 1. The number of aromatic hydroxyl groups is 1. The lowest BCUT2D eigenvalue weighted by atomic mass is 9.97. The summed E-state index contributed by atoms with van der Waals surface area (Å²) in [6.45, 7) is 3.04. The van der Waals surface area contributed by atoms with Crippen LogP contribution in [0.3, 0.4) is 0 Å². The van der Waals surface area contributed by atoms with Crippen molar-refractivity contribution in [2.75, 3.05) is 7.11 Å². The van der Waals surface area contributed by atoms with E-state index >= 15 is 0 Å². The zero-order chi connectivity index (χ0) is 11.8. The molecule has 0 fully saturated rings. The van der Waals surface area contributed by atoms with Crippen LogP contribution in [0.5, 0.6) is 11.5 Å². The van der Waals surface area contributed by atoms with Crippen molar-refractivity contribution in [3.8, 4) is 11.5 Å². The molecule has 0 aliphatic carbocycles. The van der Waals surface area contributed by atoms with E-state index in [1.165, 1.54) is 21.0 Å². The number of halogens is 2. The molecule has 1 rings (SSSR count). The third-order valence-electron chi connectivity index (χ3n) is 1.98. The molecular weight excluding hydrogens is 267 g/mol. The highest BCUT2D eigenvalue weighted by Gasteiger charge is 2.28. The van der Waals surface area contributed by atoms with Crippen LogP contribution in [0.4, 0.5) is 4.39 Å². The molecule has 0 amide bonds. The lowest BCUT2D eigenvalue weighted by Gasteiger charge is -2.23. The summed E-state index contributed by atoms with van der Waals surface area (Å²) in [5.74, 6) is -1.46. The lowest BCUT2D eigenvalue weighted by Crippen LogP contribution is -2.18. The summed E-state index contributed by atoms with van der Waals surface area (Å²) in [5, 5.41) is 19.3. The zero-order valence-corrected chi connectivity index (χ0v) is 10.2. The Labute approximate surface area is 95.6 Å². The van der Waals surface area contributed by atoms with Gasteiger partial charge in [-0.2, -0.15) is 0 Å². The maximum Gasteiger partial charge on any atom is 0.194 e. The van der Waals surface area contributed by atoms with Crippen LogP contribution in [0.1, 0.15) is 19.4 Å². The molecule has 0 heterocycles. The number of rotatable bonds is 2. The number of phenols is 1. The zero-order valence-electron chi connectivity index (χ0n) is 8.64. The van der Waals surface area contributed by atoms with Gasteiger partial charge in [-0.1, -0.05) is 15.9 Å². The van der Waals surface area contributed by atoms with E-state index in [0.717, 1.165) is 6.07 Å². The first kappa shape index (κ1) is 12.3. The molecule has 0 unspecified atom stereocenters. The molecule has 0 aromatic heterocycles. The number of methoxy groups -OCH3 is 1. The van der Waals surface area contributed by atoms with Crippen LogP contribution in [-0.2, 0) is 5.60 Å². The average molecular weight is 279 g/mol. The summed E-state index contributed by atoms with van der Waals surface area (Å²) >= 11 is 3.12. The Morgan fingerprint density at radius 2 is 2.00 bits per heavy atom. The van der Waals surface area contributed by atoms with Gasteiger partial charge in [-0.15, -0.1) is 0 Å². The highest BCUT2D eigenvalue weighted by Crippen LogP contribution is 2.43. The van der Waals surface area contributed by atoms with Gasteiger partial charge >= 0.3 is 0 Å². The predicted octanol–water partition coefficient (Wildman–Crippen LogP) is 2.53. The fourth-order valence-electron chi connectivity index (χ4n) is 1.36. The fourth-order valence-corrected chi connectivity index (χ4v) is 2.22. The fraction of sp³-hybridized carbons (Fsp3) is 0.400. The van der Waals surface area contributed by atoms with Gasteiger partial charge in [0, 0.05) is 10.0 Å². The molecule has 0 aliphatic heterocycles. The quantitative estimate of drug-likeness (QED) is 0.874. The minimum absolute atomic E-state index is 0.0608. The summed E-state index contributed by atoms with van der Waals surface area (Å²) < 4.78 is 18.4. The van der Waals surface area contributed by atoms with E-state index in [1.807, 2.05) is 0 Å². The van der Waals surface area contributed by atoms with Crippen LogP contribution in [-0.4, -0.2) is 17.3 Å². The first-order valence-electron chi connectivity index (χ1n) is 4.26. The van der Waals surface area contributed by atoms with Gasteiger partial charge in [0.05, 0.1) is 12.7 Å². The molecule has 3 nitrogen and oxygen atoms in total. The Bertz CT molecular complexity index is 385. The number of hydrogen-bond acceptors (Lipinski definition) is 3. The Morgan fingerprint density at radius 3 is 2.40 bits per heavy atom. The molecule has 0 radical (unpaired) electrons. The Morgan fingerprint density at radius 1 is 1.47 bits per heavy atom. The van der Waals surface area contributed by atoms with Crippen LogP contribution < -0.4 is 4.74 Å². The van der Waals surface area contributed by atoms with E-state index < -0.39 is 17.2 Å². The van der Waals surface area contributed by atoms with Gasteiger partial charge in [0.1, 0.15) is 0 Å². The normalized spacial score (nSPS) is 11.6. The van der Waals surface area contributed by atoms with Crippen molar-refractivity contribution in [2.45, 2.75) is 19.4 Å². The maximum atomic E-state index is 13.2. The third kappa shape index (κ3) is 2.23. The van der Waals surface area contributed by atoms with Crippen molar-refractivity contribution in [3.05, 3.63) is 21.9 Å². The van der Waals surface area contributed by atoms with Gasteiger partial charge < -0.3 is 14.9 Å². The molecule has 0 bridgehead atoms. The van der Waals surface area contributed by atoms with Crippen LogP contribution in [0.15, 0.2) is 10.5 Å². The summed E-state index contributed by atoms with van der Waals surface area (Å²) in [4.78, 5) is 0. The SMILES string of the molecule is COc1c(O)c(F)cc(Br)c1C(C)(C)O. The second-order valence-corrected chi connectivity index (χ2v) is 4.51. The van der Waals surface area contributed by atoms with Crippen molar-refractivity contribution in [1.82, 2.24) is 0 Å². The largest absolute Gasteiger partial charge is 0.502 e. The molecule has 5 heteroatoms. The molecule has 15 heavy (non-hydrogen) atoms. The van der Waals surface area contributed by atoms with E-state index in [9.17, 15) is 14.6 Å². The standard InChI is InChI=1S/C10H12BrFO3/c1-10(2,14)7-5(11)4-6(12)8(13)9(7)15-3/h4,13-14H,1-3H3. The lowest BCUT2D eigenvalue weighted by molar-refractivity contribution is 0.0741. The summed E-state index contributed by atoms with van der Waals surface area (Å²) in [7, 11) is 1.30. The van der Waals surface area contributed by atoms with E-state index in [1.54, 1.807) is 0 Å². The van der Waals surface area contributed by atoms with Gasteiger partial charge in [-0.05, 0) is 19.9 Å². The first-order valence-corrected chi connectivity index (χ1v) is 5.06. The Kier molecular flexibility index (Phi) is 3.25. The van der Waals surface area contributed by atoms with Gasteiger partial charge in [0.2, 0.25) is 0 Å². The molecule has 2 N–H and O–H groups in total. The topological polar surface area (TPSA) is 49.7 Å². The van der Waals surface area contributed by atoms with Gasteiger partial charge in [-0.25, -0.2) is 4.39 Å². The monoisotopic (exact) mass is 278 g/mol. The van der Waals surface area contributed by atoms with E-state index in [0.29, 0.717) is 10.0 Å². The summed E-state index contributed by atoms with van der Waals surface area (Å²) in [6, 6.07) is 1.09. The molecule has 0 saturated heterocycles. The molecule has 0 saturated carbocycles. The van der Waals surface area contributed by atoms with Crippen molar-refractivity contribution in [1.29, 1.82) is 0 Å². The molecule has 0 aliphatic rings. The van der Waals surface area contributed by atoms with Crippen LogP contribution >= 0.6 is 15.9 Å². The van der Waals surface area contributed by atoms with Crippen molar-refractivity contribution >= 4 is 15.9 Å². The van der Waals surface area contributed by atoms with Gasteiger partial charge in [0.25, 0.3) is 0 Å². The van der Waals surface area contributed by atoms with E-state index in [-0.39, 0.29) is 5.75 Å². The van der Waals surface area contributed by atoms with E-state index in [4.69, 9.17) is 4.74 Å². The highest BCUT2D eigenvalue weighted by atomic mass is 79.9. The van der Waals surface area contributed by atoms with Crippen LogP contribution in [0, 0.1) is 5.82 Å². The average Bonchev–Trinajstić information content (AvgIpc) is 2.08. The smallest absolute Gasteiger partial charge is 0.194 e. The van der Waals surface area contributed by atoms with Crippen LogP contribution in [0.2, 0.25) is 0 Å². The minimum Gasteiger partial charge on any atom is -0.502 e. The minimum atomic E-state index is -1.24. The number of phenolic OH excluding ortho intramolecular Hbond substituents is 1. The van der Waals surface area contributed by atoms with Gasteiger partial charge in [-0.3, -0.25) is 0 Å². The number of aliphatic hydroxyl groups is 1.